The lowest BCUT2D eigenvalue weighted by atomic mass is 9.92. The van der Waals surface area contributed by atoms with Crippen molar-refractivity contribution in [2.45, 2.75) is 34.1 Å². The molecule has 0 saturated carbocycles. The van der Waals surface area contributed by atoms with Crippen LogP contribution >= 0.6 is 0 Å². The van der Waals surface area contributed by atoms with Crippen LogP contribution < -0.4 is 4.74 Å². The summed E-state index contributed by atoms with van der Waals surface area (Å²) in [4.78, 5) is 0. The molecule has 0 bridgehead atoms. The largest absolute Gasteiger partial charge is 0.493 e. The van der Waals surface area contributed by atoms with Crippen LogP contribution in [0, 0.1) is 30.6 Å². The van der Waals surface area contributed by atoms with Crippen LogP contribution in [0.4, 0.5) is 0 Å². The van der Waals surface area contributed by atoms with E-state index in [-0.39, 0.29) is 5.41 Å². The van der Waals surface area contributed by atoms with Crippen molar-refractivity contribution in [1.82, 2.24) is 0 Å². The molecule has 0 fully saturated rings. The van der Waals surface area contributed by atoms with Gasteiger partial charge in [-0.15, -0.1) is 0 Å². The summed E-state index contributed by atoms with van der Waals surface area (Å²) in [5.41, 5.74) is 2.03. The maximum Gasteiger partial charge on any atom is 0.122 e. The van der Waals surface area contributed by atoms with E-state index in [0.717, 1.165) is 17.7 Å². The Balaban J connectivity index is 2.56. The molecule has 0 aliphatic carbocycles. The lowest BCUT2D eigenvalue weighted by molar-refractivity contribution is 0.263. The quantitative estimate of drug-likeness (QED) is 0.771. The van der Waals surface area contributed by atoms with Crippen LogP contribution in [0.1, 0.15) is 31.4 Å². The first-order valence-electron chi connectivity index (χ1n) is 5.56. The molecule has 0 atom stereocenters. The van der Waals surface area contributed by atoms with Crippen LogP contribution in [0.3, 0.4) is 0 Å². The molecule has 0 saturated heterocycles. The van der Waals surface area contributed by atoms with Crippen LogP contribution in [-0.4, -0.2) is 6.61 Å². The monoisotopic (exact) mass is 217 g/mol. The number of benzene rings is 1. The first-order valence-corrected chi connectivity index (χ1v) is 5.56. The fraction of sp³-hybridized carbons (Fsp3) is 0.500. The molecule has 86 valence electrons. The standard InChI is InChI=1S/C14H19NO/c1-11-5-6-12(2)13(9-11)16-8-7-14(3,4)10-15/h5-6,9H,7-8H2,1-4H3. The lowest BCUT2D eigenvalue weighted by Crippen LogP contribution is -2.13. The number of hydrogen-bond donors (Lipinski definition) is 0. The van der Waals surface area contributed by atoms with Crippen molar-refractivity contribution in [1.29, 1.82) is 5.26 Å². The molecule has 16 heavy (non-hydrogen) atoms. The highest BCUT2D eigenvalue weighted by molar-refractivity contribution is 5.35. The minimum atomic E-state index is -0.308. The average molecular weight is 217 g/mol. The van der Waals surface area contributed by atoms with Gasteiger partial charge < -0.3 is 4.74 Å². The smallest absolute Gasteiger partial charge is 0.122 e. The molecule has 0 aromatic heterocycles. The summed E-state index contributed by atoms with van der Waals surface area (Å²) in [5.74, 6) is 0.925. The Morgan fingerprint density at radius 2 is 2.00 bits per heavy atom. The molecule has 1 aromatic rings. The molecule has 0 aliphatic rings. The van der Waals surface area contributed by atoms with Gasteiger partial charge in [-0.2, -0.15) is 5.26 Å². The van der Waals surface area contributed by atoms with Crippen molar-refractivity contribution in [3.63, 3.8) is 0 Å². The van der Waals surface area contributed by atoms with Crippen LogP contribution in [-0.2, 0) is 0 Å². The van der Waals surface area contributed by atoms with Gasteiger partial charge in [0.05, 0.1) is 18.1 Å². The Labute approximate surface area is 97.9 Å². The van der Waals surface area contributed by atoms with E-state index >= 15 is 0 Å². The number of rotatable bonds is 4. The molecule has 0 N–H and O–H groups in total. The Kier molecular flexibility index (Phi) is 3.95. The summed E-state index contributed by atoms with van der Waals surface area (Å²) < 4.78 is 5.70. The molecule has 1 aromatic carbocycles. The summed E-state index contributed by atoms with van der Waals surface area (Å²) in [6.45, 7) is 8.53. The van der Waals surface area contributed by atoms with Crippen molar-refractivity contribution in [3.05, 3.63) is 29.3 Å². The summed E-state index contributed by atoms with van der Waals surface area (Å²) >= 11 is 0. The molecular weight excluding hydrogens is 198 g/mol. The van der Waals surface area contributed by atoms with Crippen molar-refractivity contribution >= 4 is 0 Å². The van der Waals surface area contributed by atoms with E-state index in [2.05, 4.69) is 18.2 Å². The topological polar surface area (TPSA) is 33.0 Å². The SMILES string of the molecule is Cc1ccc(C)c(OCCC(C)(C)C#N)c1. The zero-order valence-corrected chi connectivity index (χ0v) is 10.5. The van der Waals surface area contributed by atoms with Gasteiger partial charge in [0.15, 0.2) is 0 Å². The zero-order valence-electron chi connectivity index (χ0n) is 10.5. The molecule has 0 aliphatic heterocycles. The van der Waals surface area contributed by atoms with E-state index in [1.54, 1.807) is 0 Å². The van der Waals surface area contributed by atoms with Crippen molar-refractivity contribution in [2.75, 3.05) is 6.61 Å². The Hall–Kier alpha value is -1.49. The highest BCUT2D eigenvalue weighted by atomic mass is 16.5. The normalized spacial score (nSPS) is 10.9. The highest BCUT2D eigenvalue weighted by Gasteiger charge is 2.16. The molecule has 1 rings (SSSR count). The third kappa shape index (κ3) is 3.58. The van der Waals surface area contributed by atoms with Gasteiger partial charge in [0.1, 0.15) is 5.75 Å². The highest BCUT2D eigenvalue weighted by Crippen LogP contribution is 2.22. The van der Waals surface area contributed by atoms with Gasteiger partial charge >= 0.3 is 0 Å². The molecule has 2 heteroatoms. The first kappa shape index (κ1) is 12.6. The van der Waals surface area contributed by atoms with E-state index in [1.807, 2.05) is 33.8 Å². The zero-order chi connectivity index (χ0) is 12.2. The maximum absolute atomic E-state index is 8.88. The number of ether oxygens (including phenoxy) is 1. The van der Waals surface area contributed by atoms with Crippen molar-refractivity contribution in [3.8, 4) is 11.8 Å². The number of hydrogen-bond acceptors (Lipinski definition) is 2. The van der Waals surface area contributed by atoms with Crippen LogP contribution in [0.2, 0.25) is 0 Å². The van der Waals surface area contributed by atoms with Gasteiger partial charge in [-0.3, -0.25) is 0 Å². The molecule has 0 spiro atoms. The predicted octanol–water partition coefficient (Wildman–Crippen LogP) is 3.62. The van der Waals surface area contributed by atoms with Gasteiger partial charge in [0.25, 0.3) is 0 Å². The van der Waals surface area contributed by atoms with Gasteiger partial charge in [-0.05, 0) is 51.3 Å². The van der Waals surface area contributed by atoms with Gasteiger partial charge in [0, 0.05) is 0 Å². The number of nitrogens with zero attached hydrogens (tertiary/aromatic N) is 1. The number of aryl methyl sites for hydroxylation is 2. The van der Waals surface area contributed by atoms with Crippen LogP contribution in [0.15, 0.2) is 18.2 Å². The van der Waals surface area contributed by atoms with E-state index in [9.17, 15) is 0 Å². The summed E-state index contributed by atoms with van der Waals surface area (Å²) in [5, 5.41) is 8.88. The third-order valence-corrected chi connectivity index (χ3v) is 2.63. The fourth-order valence-corrected chi connectivity index (χ4v) is 1.33. The minimum absolute atomic E-state index is 0.308. The van der Waals surface area contributed by atoms with E-state index in [0.29, 0.717) is 6.61 Å². The molecule has 0 heterocycles. The lowest BCUT2D eigenvalue weighted by Gasteiger charge is -2.16. The van der Waals surface area contributed by atoms with Crippen molar-refractivity contribution < 1.29 is 4.74 Å². The first-order chi connectivity index (χ1) is 7.44. The Bertz CT molecular complexity index is 402. The van der Waals surface area contributed by atoms with E-state index in [4.69, 9.17) is 10.00 Å². The number of nitriles is 1. The molecule has 0 amide bonds. The van der Waals surface area contributed by atoms with E-state index < -0.39 is 0 Å². The average Bonchev–Trinajstić information content (AvgIpc) is 2.23. The summed E-state index contributed by atoms with van der Waals surface area (Å²) in [6.07, 6.45) is 0.747. The Morgan fingerprint density at radius 3 is 2.62 bits per heavy atom. The molecule has 0 unspecified atom stereocenters. The second-order valence-corrected chi connectivity index (χ2v) is 4.86. The summed E-state index contributed by atoms with van der Waals surface area (Å²) in [7, 11) is 0. The second-order valence-electron chi connectivity index (χ2n) is 4.86. The fourth-order valence-electron chi connectivity index (χ4n) is 1.33. The minimum Gasteiger partial charge on any atom is -0.493 e. The maximum atomic E-state index is 8.88. The molecular formula is C14H19NO. The van der Waals surface area contributed by atoms with Gasteiger partial charge in [-0.25, -0.2) is 0 Å². The Morgan fingerprint density at radius 1 is 1.31 bits per heavy atom. The van der Waals surface area contributed by atoms with Gasteiger partial charge in [-0.1, -0.05) is 12.1 Å². The van der Waals surface area contributed by atoms with Crippen LogP contribution in [0.25, 0.3) is 0 Å². The molecule has 0 radical (unpaired) electrons. The predicted molar refractivity (Wildman–Crippen MR) is 65.4 cm³/mol. The van der Waals surface area contributed by atoms with Gasteiger partial charge in [0.2, 0.25) is 0 Å². The van der Waals surface area contributed by atoms with Crippen molar-refractivity contribution in [2.24, 2.45) is 5.41 Å². The third-order valence-electron chi connectivity index (χ3n) is 2.63. The van der Waals surface area contributed by atoms with E-state index in [1.165, 1.54) is 5.56 Å². The summed E-state index contributed by atoms with van der Waals surface area (Å²) in [6, 6.07) is 8.44. The second kappa shape index (κ2) is 5.03. The van der Waals surface area contributed by atoms with Crippen LogP contribution in [0.5, 0.6) is 5.75 Å². The molecule has 2 nitrogen and oxygen atoms in total.